The summed E-state index contributed by atoms with van der Waals surface area (Å²) in [4.78, 5) is 11.0. The fraction of sp³-hybridized carbons (Fsp3) is 0.111. The number of nitrogen functional groups attached to an aromatic ring is 1. The molecule has 2 heterocycles. The predicted molar refractivity (Wildman–Crippen MR) is 51.0 cm³/mol. The summed E-state index contributed by atoms with van der Waals surface area (Å²) in [6.45, 7) is 1.99. The van der Waals surface area contributed by atoms with Gasteiger partial charge in [0.15, 0.2) is 0 Å². The predicted octanol–water partition coefficient (Wildman–Crippen LogP) is 1.36. The Morgan fingerprint density at radius 3 is 2.92 bits per heavy atom. The van der Waals surface area contributed by atoms with Crippen molar-refractivity contribution in [1.29, 1.82) is 0 Å². The van der Waals surface area contributed by atoms with E-state index >= 15 is 0 Å². The normalized spacial score (nSPS) is 10.2. The number of nitrogens with two attached hydrogens (primary N) is 1. The number of aryl methyl sites for hydroxylation is 1. The molecule has 4 heteroatoms. The van der Waals surface area contributed by atoms with Gasteiger partial charge in [-0.2, -0.15) is 0 Å². The van der Waals surface area contributed by atoms with Crippen LogP contribution >= 0.6 is 0 Å². The maximum absolute atomic E-state index is 5.47. The van der Waals surface area contributed by atoms with Gasteiger partial charge in [-0.25, -0.2) is 9.97 Å². The average Bonchev–Trinajstić information content (AvgIpc) is 2.52. The average molecular weight is 174 g/mol. The molecule has 0 spiro atoms. The molecule has 0 unspecified atom stereocenters. The van der Waals surface area contributed by atoms with Crippen LogP contribution in [0.5, 0.6) is 0 Å². The Morgan fingerprint density at radius 1 is 1.46 bits per heavy atom. The van der Waals surface area contributed by atoms with Crippen molar-refractivity contribution in [3.63, 3.8) is 0 Å². The highest BCUT2D eigenvalue weighted by atomic mass is 15.0. The first-order valence-electron chi connectivity index (χ1n) is 3.99. The largest absolute Gasteiger partial charge is 0.368 e. The molecule has 2 rings (SSSR count). The van der Waals surface area contributed by atoms with Crippen molar-refractivity contribution >= 4 is 5.95 Å². The van der Waals surface area contributed by atoms with Gasteiger partial charge in [0.05, 0.1) is 5.69 Å². The Hall–Kier alpha value is -1.84. The second-order valence-corrected chi connectivity index (χ2v) is 2.87. The van der Waals surface area contributed by atoms with Crippen molar-refractivity contribution in [3.05, 3.63) is 30.2 Å². The van der Waals surface area contributed by atoms with Crippen LogP contribution in [0.3, 0.4) is 0 Å². The lowest BCUT2D eigenvalue weighted by Gasteiger charge is -1.95. The molecule has 0 fully saturated rings. The van der Waals surface area contributed by atoms with Gasteiger partial charge in [0, 0.05) is 23.7 Å². The number of anilines is 1. The van der Waals surface area contributed by atoms with Crippen molar-refractivity contribution in [3.8, 4) is 11.3 Å². The highest BCUT2D eigenvalue weighted by Crippen LogP contribution is 2.17. The lowest BCUT2D eigenvalue weighted by Crippen LogP contribution is -1.94. The van der Waals surface area contributed by atoms with Gasteiger partial charge in [0.1, 0.15) is 0 Å². The first kappa shape index (κ1) is 7.79. The number of rotatable bonds is 1. The molecular formula is C9H10N4. The monoisotopic (exact) mass is 174 g/mol. The Balaban J connectivity index is 2.46. The lowest BCUT2D eigenvalue weighted by molar-refractivity contribution is 1.19. The summed E-state index contributed by atoms with van der Waals surface area (Å²) >= 11 is 0. The highest BCUT2D eigenvalue weighted by molar-refractivity contribution is 5.59. The van der Waals surface area contributed by atoms with E-state index in [1.54, 1.807) is 6.20 Å². The van der Waals surface area contributed by atoms with E-state index in [4.69, 9.17) is 5.73 Å². The van der Waals surface area contributed by atoms with Crippen molar-refractivity contribution < 1.29 is 0 Å². The van der Waals surface area contributed by atoms with Gasteiger partial charge in [-0.05, 0) is 19.1 Å². The standard InChI is InChI=1S/C9H10N4/c1-6-4-7(5-12-6)8-2-3-11-9(10)13-8/h2-5,12H,1H3,(H2,10,11,13). The van der Waals surface area contributed by atoms with Crippen LogP contribution in [-0.2, 0) is 0 Å². The summed E-state index contributed by atoms with van der Waals surface area (Å²) in [6, 6.07) is 3.85. The van der Waals surface area contributed by atoms with Gasteiger partial charge in [-0.1, -0.05) is 0 Å². The minimum Gasteiger partial charge on any atom is -0.368 e. The SMILES string of the molecule is Cc1cc(-c2ccnc(N)n2)c[nH]1. The molecule has 3 N–H and O–H groups in total. The smallest absolute Gasteiger partial charge is 0.220 e. The Kier molecular flexibility index (Phi) is 1.73. The number of nitrogens with zero attached hydrogens (tertiary/aromatic N) is 2. The third-order valence-electron chi connectivity index (χ3n) is 1.80. The molecule has 0 saturated carbocycles. The van der Waals surface area contributed by atoms with E-state index in [0.29, 0.717) is 5.95 Å². The summed E-state index contributed by atoms with van der Waals surface area (Å²) in [5.74, 6) is 0.302. The van der Waals surface area contributed by atoms with Crippen LogP contribution < -0.4 is 5.73 Å². The van der Waals surface area contributed by atoms with Crippen LogP contribution in [0.1, 0.15) is 5.69 Å². The molecule has 66 valence electrons. The van der Waals surface area contributed by atoms with Gasteiger partial charge < -0.3 is 10.7 Å². The third kappa shape index (κ3) is 1.51. The van der Waals surface area contributed by atoms with E-state index in [2.05, 4.69) is 15.0 Å². The van der Waals surface area contributed by atoms with Gasteiger partial charge in [0.25, 0.3) is 0 Å². The van der Waals surface area contributed by atoms with Crippen LogP contribution in [0.15, 0.2) is 24.5 Å². The molecule has 0 aliphatic heterocycles. The van der Waals surface area contributed by atoms with Gasteiger partial charge in [0.2, 0.25) is 5.95 Å². The molecule has 0 saturated heterocycles. The number of hydrogen-bond donors (Lipinski definition) is 2. The van der Waals surface area contributed by atoms with E-state index < -0.39 is 0 Å². The maximum atomic E-state index is 5.47. The van der Waals surface area contributed by atoms with Crippen LogP contribution in [0.4, 0.5) is 5.95 Å². The van der Waals surface area contributed by atoms with Crippen molar-refractivity contribution in [2.75, 3.05) is 5.73 Å². The first-order valence-corrected chi connectivity index (χ1v) is 3.99. The summed E-state index contributed by atoms with van der Waals surface area (Å²) in [6.07, 6.45) is 3.55. The minimum atomic E-state index is 0.302. The molecule has 4 nitrogen and oxygen atoms in total. The number of H-pyrrole nitrogens is 1. The summed E-state index contributed by atoms with van der Waals surface area (Å²) < 4.78 is 0. The third-order valence-corrected chi connectivity index (χ3v) is 1.80. The molecule has 0 radical (unpaired) electrons. The van der Waals surface area contributed by atoms with Crippen LogP contribution in [0, 0.1) is 6.92 Å². The second kappa shape index (κ2) is 2.90. The van der Waals surface area contributed by atoms with Crippen LogP contribution in [-0.4, -0.2) is 15.0 Å². The fourth-order valence-electron chi connectivity index (χ4n) is 1.19. The van der Waals surface area contributed by atoms with E-state index in [-0.39, 0.29) is 0 Å². The minimum absolute atomic E-state index is 0.302. The zero-order valence-corrected chi connectivity index (χ0v) is 7.28. The molecule has 2 aromatic heterocycles. The zero-order valence-electron chi connectivity index (χ0n) is 7.28. The number of aromatic nitrogens is 3. The number of hydrogen-bond acceptors (Lipinski definition) is 3. The Labute approximate surface area is 75.8 Å². The molecule has 13 heavy (non-hydrogen) atoms. The van der Waals surface area contributed by atoms with E-state index in [1.807, 2.05) is 25.3 Å². The molecule has 2 aromatic rings. The topological polar surface area (TPSA) is 67.6 Å². The zero-order chi connectivity index (χ0) is 9.26. The van der Waals surface area contributed by atoms with Crippen molar-refractivity contribution in [2.45, 2.75) is 6.92 Å². The van der Waals surface area contributed by atoms with Gasteiger partial charge >= 0.3 is 0 Å². The van der Waals surface area contributed by atoms with Crippen LogP contribution in [0.25, 0.3) is 11.3 Å². The lowest BCUT2D eigenvalue weighted by atomic mass is 10.2. The van der Waals surface area contributed by atoms with Crippen LogP contribution in [0.2, 0.25) is 0 Å². The Bertz CT molecular complexity index is 419. The number of nitrogens with one attached hydrogen (secondary N) is 1. The quantitative estimate of drug-likeness (QED) is 0.686. The number of aromatic amines is 1. The van der Waals surface area contributed by atoms with E-state index in [9.17, 15) is 0 Å². The summed E-state index contributed by atoms with van der Waals surface area (Å²) in [7, 11) is 0. The van der Waals surface area contributed by atoms with Crippen molar-refractivity contribution in [1.82, 2.24) is 15.0 Å². The Morgan fingerprint density at radius 2 is 2.31 bits per heavy atom. The van der Waals surface area contributed by atoms with Crippen molar-refractivity contribution in [2.24, 2.45) is 0 Å². The van der Waals surface area contributed by atoms with Gasteiger partial charge in [-0.15, -0.1) is 0 Å². The molecule has 0 bridgehead atoms. The van der Waals surface area contributed by atoms with Gasteiger partial charge in [-0.3, -0.25) is 0 Å². The molecule has 0 atom stereocenters. The molecule has 0 amide bonds. The summed E-state index contributed by atoms with van der Waals surface area (Å²) in [5, 5.41) is 0. The highest BCUT2D eigenvalue weighted by Gasteiger charge is 2.00. The maximum Gasteiger partial charge on any atom is 0.220 e. The molecule has 0 aliphatic carbocycles. The van der Waals surface area contributed by atoms with E-state index in [0.717, 1.165) is 17.0 Å². The first-order chi connectivity index (χ1) is 6.25. The van der Waals surface area contributed by atoms with E-state index in [1.165, 1.54) is 0 Å². The molecule has 0 aromatic carbocycles. The fourth-order valence-corrected chi connectivity index (χ4v) is 1.19. The summed E-state index contributed by atoms with van der Waals surface area (Å²) in [5.41, 5.74) is 8.45. The molecule has 0 aliphatic rings. The molecular weight excluding hydrogens is 164 g/mol. The second-order valence-electron chi connectivity index (χ2n) is 2.87.